The highest BCUT2D eigenvalue weighted by atomic mass is 16.5. The molecule has 1 amide bonds. The van der Waals surface area contributed by atoms with Gasteiger partial charge in [0.05, 0.1) is 18.8 Å². The summed E-state index contributed by atoms with van der Waals surface area (Å²) < 4.78 is 7.02. The van der Waals surface area contributed by atoms with Gasteiger partial charge in [0.15, 0.2) is 0 Å². The lowest BCUT2D eigenvalue weighted by Crippen LogP contribution is -2.41. The van der Waals surface area contributed by atoms with Crippen LogP contribution in [0.1, 0.15) is 30.9 Å². The van der Waals surface area contributed by atoms with Crippen molar-refractivity contribution in [1.29, 1.82) is 0 Å². The first kappa shape index (κ1) is 23.3. The average Bonchev–Trinajstić information content (AvgIpc) is 3.30. The highest BCUT2D eigenvalue weighted by Gasteiger charge is 2.32. The van der Waals surface area contributed by atoms with Crippen molar-refractivity contribution >= 4 is 17.3 Å². The van der Waals surface area contributed by atoms with Crippen LogP contribution in [0.5, 0.6) is 5.75 Å². The largest absolute Gasteiger partial charge is 0.502 e. The molecule has 3 heterocycles. The van der Waals surface area contributed by atoms with Gasteiger partial charge in [-0.25, -0.2) is 4.98 Å². The summed E-state index contributed by atoms with van der Waals surface area (Å²) in [5.41, 5.74) is 3.96. The molecule has 0 unspecified atom stereocenters. The van der Waals surface area contributed by atoms with E-state index in [9.17, 15) is 14.7 Å². The number of amides is 1. The van der Waals surface area contributed by atoms with Gasteiger partial charge in [0.1, 0.15) is 11.4 Å². The van der Waals surface area contributed by atoms with Crippen molar-refractivity contribution in [3.8, 4) is 16.9 Å². The maximum atomic E-state index is 11.7. The minimum atomic E-state index is -0.574. The summed E-state index contributed by atoms with van der Waals surface area (Å²) >= 11 is 0. The van der Waals surface area contributed by atoms with E-state index in [0.29, 0.717) is 31.2 Å². The number of benzene rings is 2. The monoisotopic (exact) mass is 460 g/mol. The van der Waals surface area contributed by atoms with E-state index in [4.69, 9.17) is 4.74 Å². The second-order valence-electron chi connectivity index (χ2n) is 8.62. The Labute approximate surface area is 197 Å². The predicted molar refractivity (Wildman–Crippen MR) is 131 cm³/mol. The van der Waals surface area contributed by atoms with Crippen molar-refractivity contribution < 1.29 is 14.6 Å². The van der Waals surface area contributed by atoms with E-state index in [-0.39, 0.29) is 11.3 Å². The minimum absolute atomic E-state index is 0.267. The first-order valence-electron chi connectivity index (χ1n) is 11.1. The molecule has 8 nitrogen and oxygen atoms in total. The second-order valence-corrected chi connectivity index (χ2v) is 8.62. The number of aromatic nitrogens is 3. The fourth-order valence-electron chi connectivity index (χ4n) is 4.10. The highest BCUT2D eigenvalue weighted by Crippen LogP contribution is 2.28. The summed E-state index contributed by atoms with van der Waals surface area (Å²) in [6.07, 6.45) is 2.67. The van der Waals surface area contributed by atoms with Gasteiger partial charge in [0.25, 0.3) is 5.56 Å². The molecule has 0 bridgehead atoms. The van der Waals surface area contributed by atoms with Gasteiger partial charge in [-0.2, -0.15) is 0 Å². The second kappa shape index (κ2) is 9.52. The molecule has 3 N–H and O–H groups in total. The molecule has 4 aromatic rings. The van der Waals surface area contributed by atoms with Crippen LogP contribution in [-0.2, 0) is 28.2 Å². The van der Waals surface area contributed by atoms with E-state index in [1.807, 2.05) is 38.2 Å². The number of carbonyl (C=O) groups is 1. The third kappa shape index (κ3) is 4.58. The molecule has 34 heavy (non-hydrogen) atoms. The van der Waals surface area contributed by atoms with Crippen molar-refractivity contribution in [3.63, 3.8) is 0 Å². The molecule has 0 aliphatic carbocycles. The molecule has 0 atom stereocenters. The molecule has 0 radical (unpaired) electrons. The Morgan fingerprint density at radius 1 is 1.24 bits per heavy atom. The Hall–Kier alpha value is -3.91. The maximum Gasteiger partial charge on any atom is 0.296 e. The minimum Gasteiger partial charge on any atom is -0.502 e. The van der Waals surface area contributed by atoms with Crippen molar-refractivity contribution in [1.82, 2.24) is 19.9 Å². The fraction of sp³-hybridized carbons (Fsp3) is 0.269. The number of rotatable bonds is 4. The normalized spacial score (nSPS) is 14.1. The van der Waals surface area contributed by atoms with Crippen LogP contribution in [0, 0.1) is 6.92 Å². The standard InChI is InChI=1S/C16H14N2O.C10H14N2O3/c19-11-17-10-14-3-1-2-4-15(14)12-5-6-16-13(9-12)7-8-18-16;1-6-7(13)8(14)12-4-5-15-10(2,3)9(12)11-6/h1-9,11,18H,10H2,(H,17,19);13H,4-5H2,1-3H3. The zero-order chi connectivity index (χ0) is 24.3. The van der Waals surface area contributed by atoms with Gasteiger partial charge >= 0.3 is 0 Å². The summed E-state index contributed by atoms with van der Waals surface area (Å²) in [6, 6.07) is 16.5. The molecule has 0 spiro atoms. The number of carbonyl (C=O) groups excluding carboxylic acids is 1. The summed E-state index contributed by atoms with van der Waals surface area (Å²) in [4.78, 5) is 29.6. The van der Waals surface area contributed by atoms with Gasteiger partial charge in [-0.1, -0.05) is 30.3 Å². The zero-order valence-corrected chi connectivity index (χ0v) is 19.5. The van der Waals surface area contributed by atoms with Crippen LogP contribution >= 0.6 is 0 Å². The molecule has 0 saturated carbocycles. The van der Waals surface area contributed by atoms with Crippen molar-refractivity contribution in [2.75, 3.05) is 6.61 Å². The van der Waals surface area contributed by atoms with Gasteiger partial charge in [0.2, 0.25) is 12.2 Å². The summed E-state index contributed by atoms with van der Waals surface area (Å²) in [5.74, 6) is 0.311. The van der Waals surface area contributed by atoms with Crippen LogP contribution in [0.2, 0.25) is 0 Å². The third-order valence-corrected chi connectivity index (χ3v) is 5.89. The number of aromatic hydroxyl groups is 1. The van der Waals surface area contributed by atoms with Crippen LogP contribution in [0.25, 0.3) is 22.0 Å². The smallest absolute Gasteiger partial charge is 0.296 e. The number of H-pyrrole nitrogens is 1. The number of nitrogens with zero attached hydrogens (tertiary/aromatic N) is 2. The zero-order valence-electron chi connectivity index (χ0n) is 19.5. The fourth-order valence-corrected chi connectivity index (χ4v) is 4.10. The summed E-state index contributed by atoms with van der Waals surface area (Å²) in [7, 11) is 0. The third-order valence-electron chi connectivity index (χ3n) is 5.89. The lowest BCUT2D eigenvalue weighted by atomic mass is 9.98. The van der Waals surface area contributed by atoms with Crippen LogP contribution in [0.15, 0.2) is 59.5 Å². The topological polar surface area (TPSA) is 109 Å². The molecule has 1 aliphatic rings. The molecule has 176 valence electrons. The van der Waals surface area contributed by atoms with Crippen LogP contribution in [0.4, 0.5) is 0 Å². The predicted octanol–water partition coefficient (Wildman–Crippen LogP) is 3.60. The molecule has 0 fully saturated rings. The number of nitrogens with one attached hydrogen (secondary N) is 2. The molecular formula is C26H28N4O4. The van der Waals surface area contributed by atoms with E-state index in [0.717, 1.165) is 28.6 Å². The van der Waals surface area contributed by atoms with Crippen LogP contribution in [-0.4, -0.2) is 32.7 Å². The number of hydrogen-bond donors (Lipinski definition) is 3. The Morgan fingerprint density at radius 2 is 2.03 bits per heavy atom. The van der Waals surface area contributed by atoms with Gasteiger partial charge in [-0.15, -0.1) is 0 Å². The Kier molecular flexibility index (Phi) is 6.51. The first-order valence-corrected chi connectivity index (χ1v) is 11.1. The number of aryl methyl sites for hydroxylation is 1. The van der Waals surface area contributed by atoms with Gasteiger partial charge in [-0.05, 0) is 61.0 Å². The van der Waals surface area contributed by atoms with Crippen molar-refractivity contribution in [2.24, 2.45) is 0 Å². The summed E-state index contributed by atoms with van der Waals surface area (Å²) in [5, 5.41) is 13.4. The molecule has 1 aliphatic heterocycles. The molecule has 8 heteroatoms. The van der Waals surface area contributed by atoms with E-state index in [1.54, 1.807) is 6.92 Å². The lowest BCUT2D eigenvalue weighted by molar-refractivity contribution is -0.109. The Morgan fingerprint density at radius 3 is 2.82 bits per heavy atom. The van der Waals surface area contributed by atoms with Crippen LogP contribution < -0.4 is 10.9 Å². The van der Waals surface area contributed by atoms with E-state index in [2.05, 4.69) is 45.6 Å². The number of hydrogen-bond acceptors (Lipinski definition) is 5. The molecule has 0 saturated heterocycles. The molecule has 5 rings (SSSR count). The molecular weight excluding hydrogens is 432 g/mol. The number of aromatic amines is 1. The Bertz CT molecular complexity index is 1390. The van der Waals surface area contributed by atoms with E-state index in [1.165, 1.54) is 9.95 Å². The van der Waals surface area contributed by atoms with Gasteiger partial charge in [0, 0.05) is 18.3 Å². The van der Waals surface area contributed by atoms with Crippen molar-refractivity contribution in [3.05, 3.63) is 82.2 Å². The van der Waals surface area contributed by atoms with E-state index < -0.39 is 5.60 Å². The lowest BCUT2D eigenvalue weighted by Gasteiger charge is -2.32. The van der Waals surface area contributed by atoms with Crippen molar-refractivity contribution in [2.45, 2.75) is 39.5 Å². The molecule has 2 aromatic carbocycles. The van der Waals surface area contributed by atoms with Crippen LogP contribution in [0.3, 0.4) is 0 Å². The van der Waals surface area contributed by atoms with E-state index >= 15 is 0 Å². The Balaban J connectivity index is 0.000000166. The maximum absolute atomic E-state index is 11.7. The number of ether oxygens (including phenoxy) is 1. The SMILES string of the molecule is Cc1nc2n(c(=O)c1O)CCOC2(C)C.O=CNCc1ccccc1-c1ccc2[nH]ccc2c1. The average molecular weight is 461 g/mol. The number of fused-ring (bicyclic) bond motifs is 2. The summed E-state index contributed by atoms with van der Waals surface area (Å²) in [6.45, 7) is 6.79. The first-order chi connectivity index (χ1) is 16.3. The van der Waals surface area contributed by atoms with Gasteiger partial charge < -0.3 is 20.1 Å². The van der Waals surface area contributed by atoms with Gasteiger partial charge in [-0.3, -0.25) is 14.2 Å². The highest BCUT2D eigenvalue weighted by molar-refractivity contribution is 5.85. The molecule has 2 aromatic heterocycles. The quantitative estimate of drug-likeness (QED) is 0.403.